The number of nitrogens with zero attached hydrogens (tertiary/aromatic N) is 2. The van der Waals surface area contributed by atoms with E-state index in [9.17, 15) is 4.39 Å². The van der Waals surface area contributed by atoms with Crippen molar-refractivity contribution in [2.75, 3.05) is 5.73 Å². The zero-order valence-corrected chi connectivity index (χ0v) is 10.4. The third kappa shape index (κ3) is 2.26. The Morgan fingerprint density at radius 1 is 1.41 bits per heavy atom. The van der Waals surface area contributed by atoms with E-state index in [-0.39, 0.29) is 5.02 Å². The van der Waals surface area contributed by atoms with Crippen molar-refractivity contribution in [1.29, 1.82) is 0 Å². The molecular weight excluding hydrogens is 241 g/mol. The summed E-state index contributed by atoms with van der Waals surface area (Å²) in [4.78, 5) is 0. The zero-order chi connectivity index (χ0) is 12.6. The number of benzene rings is 1. The minimum absolute atomic E-state index is 0.127. The van der Waals surface area contributed by atoms with Crippen LogP contribution in [0.3, 0.4) is 0 Å². The number of aryl methyl sites for hydroxylation is 1. The molecule has 2 aromatic rings. The molecule has 0 fully saturated rings. The summed E-state index contributed by atoms with van der Waals surface area (Å²) in [5.41, 5.74) is 8.99. The highest BCUT2D eigenvalue weighted by atomic mass is 35.5. The summed E-state index contributed by atoms with van der Waals surface area (Å²) in [5, 5.41) is 4.42. The molecule has 1 heterocycles. The molecule has 90 valence electrons. The Morgan fingerprint density at radius 3 is 2.65 bits per heavy atom. The van der Waals surface area contributed by atoms with Crippen LogP contribution in [0.25, 0.3) is 0 Å². The fourth-order valence-corrected chi connectivity index (χ4v) is 1.79. The maximum absolute atomic E-state index is 13.3. The van der Waals surface area contributed by atoms with Crippen molar-refractivity contribution < 1.29 is 4.39 Å². The second kappa shape index (κ2) is 4.37. The van der Waals surface area contributed by atoms with Crippen LogP contribution in [0.15, 0.2) is 18.2 Å². The van der Waals surface area contributed by atoms with Crippen molar-refractivity contribution >= 4 is 17.3 Å². The van der Waals surface area contributed by atoms with Crippen molar-refractivity contribution in [2.45, 2.75) is 20.4 Å². The molecule has 0 unspecified atom stereocenters. The van der Waals surface area contributed by atoms with Crippen LogP contribution in [0.5, 0.6) is 0 Å². The predicted molar refractivity (Wildman–Crippen MR) is 66.6 cm³/mol. The zero-order valence-electron chi connectivity index (χ0n) is 9.67. The van der Waals surface area contributed by atoms with E-state index in [4.69, 9.17) is 17.3 Å². The van der Waals surface area contributed by atoms with Gasteiger partial charge in [-0.2, -0.15) is 5.10 Å². The Bertz CT molecular complexity index is 563. The second-order valence-electron chi connectivity index (χ2n) is 3.99. The van der Waals surface area contributed by atoms with Gasteiger partial charge in [-0.15, -0.1) is 0 Å². The topological polar surface area (TPSA) is 43.8 Å². The van der Waals surface area contributed by atoms with Crippen molar-refractivity contribution in [1.82, 2.24) is 9.78 Å². The molecule has 1 aromatic heterocycles. The summed E-state index contributed by atoms with van der Waals surface area (Å²) >= 11 is 5.63. The van der Waals surface area contributed by atoms with Gasteiger partial charge >= 0.3 is 0 Å². The number of nitrogen functional groups attached to an aromatic ring is 1. The Morgan fingerprint density at radius 2 is 2.12 bits per heavy atom. The Balaban J connectivity index is 2.31. The molecule has 0 amide bonds. The van der Waals surface area contributed by atoms with E-state index in [1.54, 1.807) is 16.8 Å². The van der Waals surface area contributed by atoms with Crippen LogP contribution in [0.1, 0.15) is 17.0 Å². The lowest BCUT2D eigenvalue weighted by Gasteiger charge is -2.05. The Kier molecular flexibility index (Phi) is 3.07. The molecule has 0 aliphatic heterocycles. The van der Waals surface area contributed by atoms with Gasteiger partial charge in [0, 0.05) is 0 Å². The molecule has 17 heavy (non-hydrogen) atoms. The predicted octanol–water partition coefficient (Wildman–Crippen LogP) is 2.92. The standard InChI is InChI=1S/C12H13ClFN3/c1-7-12(15)8(2)17(16-7)6-9-3-4-10(13)11(14)5-9/h3-5H,6,15H2,1-2H3. The first-order chi connectivity index (χ1) is 7.99. The minimum Gasteiger partial charge on any atom is -0.396 e. The summed E-state index contributed by atoms with van der Waals surface area (Å²) in [6.45, 7) is 4.22. The highest BCUT2D eigenvalue weighted by molar-refractivity contribution is 6.30. The number of hydrogen-bond donors (Lipinski definition) is 1. The molecule has 0 aliphatic rings. The third-order valence-corrected chi connectivity index (χ3v) is 3.06. The lowest BCUT2D eigenvalue weighted by atomic mass is 10.2. The van der Waals surface area contributed by atoms with E-state index in [1.807, 2.05) is 13.8 Å². The molecule has 0 saturated heterocycles. The third-order valence-electron chi connectivity index (χ3n) is 2.75. The number of anilines is 1. The van der Waals surface area contributed by atoms with Crippen molar-refractivity contribution in [3.8, 4) is 0 Å². The molecule has 1 aromatic carbocycles. The molecule has 2 rings (SSSR count). The molecule has 0 aliphatic carbocycles. The average Bonchev–Trinajstić information content (AvgIpc) is 2.52. The highest BCUT2D eigenvalue weighted by Gasteiger charge is 2.09. The Hall–Kier alpha value is -1.55. The molecule has 3 nitrogen and oxygen atoms in total. The first kappa shape index (κ1) is 11.9. The van der Waals surface area contributed by atoms with Crippen molar-refractivity contribution in [3.05, 3.63) is 46.0 Å². The fraction of sp³-hybridized carbons (Fsp3) is 0.250. The van der Waals surface area contributed by atoms with Gasteiger partial charge in [-0.3, -0.25) is 4.68 Å². The van der Waals surface area contributed by atoms with E-state index >= 15 is 0 Å². The summed E-state index contributed by atoms with van der Waals surface area (Å²) in [7, 11) is 0. The average molecular weight is 254 g/mol. The van der Waals surface area contributed by atoms with Gasteiger partial charge in [-0.25, -0.2) is 4.39 Å². The molecule has 0 bridgehead atoms. The van der Waals surface area contributed by atoms with E-state index < -0.39 is 5.82 Å². The van der Waals surface area contributed by atoms with Crippen LogP contribution in [0, 0.1) is 19.7 Å². The van der Waals surface area contributed by atoms with Crippen LogP contribution < -0.4 is 5.73 Å². The monoisotopic (exact) mass is 253 g/mol. The maximum atomic E-state index is 13.3. The molecule has 0 spiro atoms. The fourth-order valence-electron chi connectivity index (χ4n) is 1.68. The summed E-state index contributed by atoms with van der Waals surface area (Å²) in [6.07, 6.45) is 0. The lowest BCUT2D eigenvalue weighted by Crippen LogP contribution is -2.04. The van der Waals surface area contributed by atoms with Gasteiger partial charge in [0.1, 0.15) is 5.82 Å². The van der Waals surface area contributed by atoms with Gasteiger partial charge in [0.2, 0.25) is 0 Å². The smallest absolute Gasteiger partial charge is 0.142 e. The van der Waals surface area contributed by atoms with Crippen LogP contribution in [0.2, 0.25) is 5.02 Å². The maximum Gasteiger partial charge on any atom is 0.142 e. The second-order valence-corrected chi connectivity index (χ2v) is 4.40. The highest BCUT2D eigenvalue weighted by Crippen LogP contribution is 2.19. The minimum atomic E-state index is -0.418. The van der Waals surface area contributed by atoms with Gasteiger partial charge in [0.05, 0.1) is 28.6 Å². The summed E-state index contributed by atoms with van der Waals surface area (Å²) in [5.74, 6) is -0.418. The molecule has 0 radical (unpaired) electrons. The lowest BCUT2D eigenvalue weighted by molar-refractivity contribution is 0.616. The van der Waals surface area contributed by atoms with Crippen LogP contribution in [-0.2, 0) is 6.54 Å². The molecular formula is C12H13ClFN3. The number of aromatic nitrogens is 2. The van der Waals surface area contributed by atoms with Gasteiger partial charge in [0.15, 0.2) is 0 Å². The summed E-state index contributed by atoms with van der Waals surface area (Å²) < 4.78 is 15.0. The van der Waals surface area contributed by atoms with E-state index in [2.05, 4.69) is 5.10 Å². The van der Waals surface area contributed by atoms with E-state index in [0.29, 0.717) is 12.2 Å². The van der Waals surface area contributed by atoms with Gasteiger partial charge in [-0.05, 0) is 31.5 Å². The van der Waals surface area contributed by atoms with E-state index in [1.165, 1.54) is 6.07 Å². The SMILES string of the molecule is Cc1nn(Cc2ccc(Cl)c(F)c2)c(C)c1N. The number of hydrogen-bond acceptors (Lipinski definition) is 2. The quantitative estimate of drug-likeness (QED) is 0.894. The number of nitrogens with two attached hydrogens (primary N) is 1. The van der Waals surface area contributed by atoms with E-state index in [0.717, 1.165) is 17.0 Å². The molecule has 0 atom stereocenters. The molecule has 5 heteroatoms. The Labute approximate surface area is 104 Å². The van der Waals surface area contributed by atoms with Crippen LogP contribution in [-0.4, -0.2) is 9.78 Å². The van der Waals surface area contributed by atoms with Crippen LogP contribution >= 0.6 is 11.6 Å². The molecule has 2 N–H and O–H groups in total. The number of halogens is 2. The first-order valence-electron chi connectivity index (χ1n) is 5.22. The van der Waals surface area contributed by atoms with Crippen LogP contribution in [0.4, 0.5) is 10.1 Å². The normalized spacial score (nSPS) is 10.8. The van der Waals surface area contributed by atoms with Gasteiger partial charge in [-0.1, -0.05) is 17.7 Å². The summed E-state index contributed by atoms with van der Waals surface area (Å²) in [6, 6.07) is 4.73. The van der Waals surface area contributed by atoms with Crippen molar-refractivity contribution in [2.24, 2.45) is 0 Å². The van der Waals surface area contributed by atoms with Gasteiger partial charge in [0.25, 0.3) is 0 Å². The number of rotatable bonds is 2. The largest absolute Gasteiger partial charge is 0.396 e. The first-order valence-corrected chi connectivity index (χ1v) is 5.60. The molecule has 0 saturated carbocycles. The van der Waals surface area contributed by atoms with Crippen molar-refractivity contribution in [3.63, 3.8) is 0 Å². The van der Waals surface area contributed by atoms with Gasteiger partial charge < -0.3 is 5.73 Å².